The van der Waals surface area contributed by atoms with Gasteiger partial charge in [-0.3, -0.25) is 0 Å². The normalized spacial score (nSPS) is 20.8. The van der Waals surface area contributed by atoms with Crippen LogP contribution < -0.4 is 4.90 Å². The zero-order valence-corrected chi connectivity index (χ0v) is 9.06. The lowest BCUT2D eigenvalue weighted by Crippen LogP contribution is -2.32. The average Bonchev–Trinajstić information content (AvgIpc) is 2.94. The molecule has 0 bridgehead atoms. The lowest BCUT2D eigenvalue weighted by molar-refractivity contribution is 0.265. The first kappa shape index (κ1) is 9.66. The van der Waals surface area contributed by atoms with Crippen molar-refractivity contribution in [1.82, 2.24) is 9.97 Å². The van der Waals surface area contributed by atoms with Gasteiger partial charge in [-0.2, -0.15) is 0 Å². The third kappa shape index (κ3) is 1.46. The Morgan fingerprint density at radius 3 is 3.12 bits per heavy atom. The molecule has 1 aliphatic heterocycles. The highest BCUT2D eigenvalue weighted by Gasteiger charge is 2.25. The number of imidazole rings is 1. The van der Waals surface area contributed by atoms with Gasteiger partial charge in [-0.15, -0.1) is 0 Å². The minimum Gasteiger partial charge on any atom is -0.394 e. The van der Waals surface area contributed by atoms with Crippen molar-refractivity contribution in [2.24, 2.45) is 0 Å². The quantitative estimate of drug-likeness (QED) is 0.802. The van der Waals surface area contributed by atoms with Gasteiger partial charge in [0.25, 0.3) is 0 Å². The predicted octanol–water partition coefficient (Wildman–Crippen LogP) is 1.52. The zero-order chi connectivity index (χ0) is 11.0. The second-order valence-corrected chi connectivity index (χ2v) is 4.25. The first-order chi connectivity index (χ1) is 7.88. The van der Waals surface area contributed by atoms with Crippen molar-refractivity contribution >= 4 is 17.0 Å². The highest BCUT2D eigenvalue weighted by molar-refractivity contribution is 5.77. The number of fused-ring (bicyclic) bond motifs is 1. The molecule has 0 unspecified atom stereocenters. The molecule has 4 nitrogen and oxygen atoms in total. The summed E-state index contributed by atoms with van der Waals surface area (Å²) in [5, 5.41) is 9.29. The summed E-state index contributed by atoms with van der Waals surface area (Å²) in [6.07, 6.45) is 2.18. The Kier molecular flexibility index (Phi) is 2.29. The molecule has 1 aliphatic rings. The molecule has 2 aromatic rings. The number of para-hydroxylation sites is 2. The lowest BCUT2D eigenvalue weighted by Gasteiger charge is -2.21. The van der Waals surface area contributed by atoms with Crippen molar-refractivity contribution in [2.45, 2.75) is 18.9 Å². The molecule has 1 saturated heterocycles. The summed E-state index contributed by atoms with van der Waals surface area (Å²) in [4.78, 5) is 10.0. The van der Waals surface area contributed by atoms with E-state index in [9.17, 15) is 5.11 Å². The van der Waals surface area contributed by atoms with Gasteiger partial charge in [0.05, 0.1) is 23.7 Å². The van der Waals surface area contributed by atoms with Gasteiger partial charge in [-0.25, -0.2) is 4.98 Å². The summed E-state index contributed by atoms with van der Waals surface area (Å²) in [5.41, 5.74) is 2.04. The van der Waals surface area contributed by atoms with E-state index in [0.29, 0.717) is 0 Å². The van der Waals surface area contributed by atoms with E-state index in [2.05, 4.69) is 14.9 Å². The molecule has 1 fully saturated rings. The van der Waals surface area contributed by atoms with E-state index in [4.69, 9.17) is 0 Å². The Morgan fingerprint density at radius 1 is 1.44 bits per heavy atom. The van der Waals surface area contributed by atoms with Crippen LogP contribution in [0.1, 0.15) is 12.8 Å². The molecule has 0 aliphatic carbocycles. The fourth-order valence-electron chi connectivity index (χ4n) is 2.38. The van der Waals surface area contributed by atoms with Gasteiger partial charge >= 0.3 is 0 Å². The van der Waals surface area contributed by atoms with E-state index in [0.717, 1.165) is 36.4 Å². The SMILES string of the molecule is OC[C@@H]1CCCN1c1nc2ccccc2[nH]1. The minimum atomic E-state index is 0.205. The first-order valence-corrected chi connectivity index (χ1v) is 5.71. The molecule has 16 heavy (non-hydrogen) atoms. The summed E-state index contributed by atoms with van der Waals surface area (Å²) >= 11 is 0. The van der Waals surface area contributed by atoms with Crippen molar-refractivity contribution in [1.29, 1.82) is 0 Å². The smallest absolute Gasteiger partial charge is 0.204 e. The van der Waals surface area contributed by atoms with Crippen LogP contribution in [0.15, 0.2) is 24.3 Å². The predicted molar refractivity (Wildman–Crippen MR) is 63.5 cm³/mol. The van der Waals surface area contributed by atoms with E-state index in [1.807, 2.05) is 24.3 Å². The van der Waals surface area contributed by atoms with Crippen molar-refractivity contribution in [2.75, 3.05) is 18.1 Å². The van der Waals surface area contributed by atoms with Gasteiger partial charge in [-0.05, 0) is 25.0 Å². The van der Waals surface area contributed by atoms with E-state index >= 15 is 0 Å². The number of H-pyrrole nitrogens is 1. The van der Waals surface area contributed by atoms with Gasteiger partial charge < -0.3 is 15.0 Å². The largest absolute Gasteiger partial charge is 0.394 e. The Bertz CT molecular complexity index is 461. The van der Waals surface area contributed by atoms with Crippen molar-refractivity contribution in [3.05, 3.63) is 24.3 Å². The van der Waals surface area contributed by atoms with Crippen LogP contribution in [-0.2, 0) is 0 Å². The number of rotatable bonds is 2. The van der Waals surface area contributed by atoms with Crippen LogP contribution in [0.3, 0.4) is 0 Å². The molecule has 0 amide bonds. The maximum Gasteiger partial charge on any atom is 0.204 e. The first-order valence-electron chi connectivity index (χ1n) is 5.71. The number of nitrogens with zero attached hydrogens (tertiary/aromatic N) is 2. The van der Waals surface area contributed by atoms with Crippen LogP contribution in [0.25, 0.3) is 11.0 Å². The molecule has 1 atom stereocenters. The number of aromatic nitrogens is 2. The maximum atomic E-state index is 9.29. The Balaban J connectivity index is 1.99. The molecular formula is C12H15N3O. The summed E-state index contributed by atoms with van der Waals surface area (Å²) < 4.78 is 0. The number of nitrogens with one attached hydrogen (secondary N) is 1. The number of aliphatic hydroxyl groups is 1. The molecule has 0 spiro atoms. The van der Waals surface area contributed by atoms with Gasteiger partial charge in [-0.1, -0.05) is 12.1 Å². The molecule has 4 heteroatoms. The molecule has 0 radical (unpaired) electrons. The Labute approximate surface area is 93.9 Å². The molecule has 2 N–H and O–H groups in total. The van der Waals surface area contributed by atoms with Crippen LogP contribution in [-0.4, -0.2) is 34.3 Å². The monoisotopic (exact) mass is 217 g/mol. The van der Waals surface area contributed by atoms with E-state index in [1.54, 1.807) is 0 Å². The summed E-state index contributed by atoms with van der Waals surface area (Å²) in [6.45, 7) is 1.18. The van der Waals surface area contributed by atoms with Crippen molar-refractivity contribution < 1.29 is 5.11 Å². The van der Waals surface area contributed by atoms with E-state index in [-0.39, 0.29) is 12.6 Å². The standard InChI is InChI=1S/C12H15N3O/c16-8-9-4-3-7-15(9)12-13-10-5-1-2-6-11(10)14-12/h1-2,5-6,9,16H,3-4,7-8H2,(H,13,14)/t9-/m0/s1. The minimum absolute atomic E-state index is 0.205. The number of benzene rings is 1. The Morgan fingerprint density at radius 2 is 2.31 bits per heavy atom. The zero-order valence-electron chi connectivity index (χ0n) is 9.06. The highest BCUT2D eigenvalue weighted by atomic mass is 16.3. The van der Waals surface area contributed by atoms with Gasteiger partial charge in [0.2, 0.25) is 5.95 Å². The van der Waals surface area contributed by atoms with Crippen LogP contribution in [0.5, 0.6) is 0 Å². The lowest BCUT2D eigenvalue weighted by atomic mass is 10.2. The number of hydrogen-bond donors (Lipinski definition) is 2. The van der Waals surface area contributed by atoms with Crippen molar-refractivity contribution in [3.63, 3.8) is 0 Å². The Hall–Kier alpha value is -1.55. The van der Waals surface area contributed by atoms with Crippen LogP contribution in [0.2, 0.25) is 0 Å². The third-order valence-corrected chi connectivity index (χ3v) is 3.24. The number of anilines is 1. The molecule has 84 valence electrons. The number of aromatic amines is 1. The van der Waals surface area contributed by atoms with Gasteiger partial charge in [0.15, 0.2) is 0 Å². The van der Waals surface area contributed by atoms with Gasteiger partial charge in [0, 0.05) is 6.54 Å². The summed E-state index contributed by atoms with van der Waals surface area (Å²) in [6, 6.07) is 8.23. The van der Waals surface area contributed by atoms with Crippen molar-refractivity contribution in [3.8, 4) is 0 Å². The topological polar surface area (TPSA) is 52.1 Å². The third-order valence-electron chi connectivity index (χ3n) is 3.24. The van der Waals surface area contributed by atoms with Gasteiger partial charge in [0.1, 0.15) is 0 Å². The molecule has 1 aromatic heterocycles. The highest BCUT2D eigenvalue weighted by Crippen LogP contribution is 2.24. The second-order valence-electron chi connectivity index (χ2n) is 4.25. The molecular weight excluding hydrogens is 202 g/mol. The molecule has 1 aromatic carbocycles. The fraction of sp³-hybridized carbons (Fsp3) is 0.417. The average molecular weight is 217 g/mol. The van der Waals surface area contributed by atoms with Crippen LogP contribution >= 0.6 is 0 Å². The summed E-state index contributed by atoms with van der Waals surface area (Å²) in [7, 11) is 0. The summed E-state index contributed by atoms with van der Waals surface area (Å²) in [5.74, 6) is 0.887. The van der Waals surface area contributed by atoms with E-state index < -0.39 is 0 Å². The van der Waals surface area contributed by atoms with Crippen LogP contribution in [0.4, 0.5) is 5.95 Å². The van der Waals surface area contributed by atoms with Crippen LogP contribution in [0, 0.1) is 0 Å². The maximum absolute atomic E-state index is 9.29. The molecule has 3 rings (SSSR count). The van der Waals surface area contributed by atoms with E-state index in [1.165, 1.54) is 0 Å². The second kappa shape index (κ2) is 3.79. The molecule has 0 saturated carbocycles. The fourth-order valence-corrected chi connectivity index (χ4v) is 2.38. The number of aliphatic hydroxyl groups excluding tert-OH is 1. The molecule has 2 heterocycles. The number of hydrogen-bond acceptors (Lipinski definition) is 3.